The second kappa shape index (κ2) is 40.1. The highest BCUT2D eigenvalue weighted by Crippen LogP contribution is 2.25. The van der Waals surface area contributed by atoms with Gasteiger partial charge < -0.3 is 40.0 Å². The lowest BCUT2D eigenvalue weighted by molar-refractivity contribution is 0.399. The van der Waals surface area contributed by atoms with E-state index >= 15 is 0 Å². The Bertz CT molecular complexity index is 3480. The van der Waals surface area contributed by atoms with Gasteiger partial charge in [0.15, 0.2) is 0 Å². The van der Waals surface area contributed by atoms with Crippen molar-refractivity contribution in [2.45, 2.75) is 138 Å². The van der Waals surface area contributed by atoms with Crippen LogP contribution in [0.1, 0.15) is 120 Å². The molecule has 14 rings (SSSR count). The summed E-state index contributed by atoms with van der Waals surface area (Å²) in [6, 6.07) is 58.7. The zero-order chi connectivity index (χ0) is 66.9. The fourth-order valence-corrected chi connectivity index (χ4v) is 9.92. The topological polar surface area (TPSA) is 131 Å². The summed E-state index contributed by atoms with van der Waals surface area (Å²) in [5, 5.41) is 16.4. The number of aryl methyl sites for hydroxylation is 14. The first-order valence-electron chi connectivity index (χ1n) is 31.0. The Morgan fingerprint density at radius 3 is 0.393 bits per heavy atom. The van der Waals surface area contributed by atoms with Gasteiger partial charge in [0.05, 0.1) is 7.18 Å². The van der Waals surface area contributed by atoms with Gasteiger partial charge in [0.1, 0.15) is 0 Å². The number of aliphatic hydroxyl groups is 1. The summed E-state index contributed by atoms with van der Waals surface area (Å²) in [5.41, 5.74) is 27.1. The second-order valence-corrected chi connectivity index (χ2v) is 20.4. The molecule has 89 heavy (non-hydrogen) atoms. The third-order valence-electron chi connectivity index (χ3n) is 15.5. The largest absolute Gasteiger partial charge is 0.400 e. The summed E-state index contributed by atoms with van der Waals surface area (Å²) in [5.74, 6) is 0. The number of H-pyrrole nitrogens is 7. The van der Waals surface area contributed by atoms with Crippen molar-refractivity contribution < 1.29 is 9.50 Å². The zero-order valence-electron chi connectivity index (χ0n) is 57.9. The predicted octanol–water partition coefficient (Wildman–Crippen LogP) is 23.6. The molecular formula is C79H105ClFN7O. The highest BCUT2D eigenvalue weighted by atomic mass is 35.5. The van der Waals surface area contributed by atoms with Gasteiger partial charge >= 0.3 is 0 Å². The van der Waals surface area contributed by atoms with E-state index in [0.717, 1.165) is 7.11 Å². The summed E-state index contributed by atoms with van der Waals surface area (Å²) < 4.78 is 9.50. The number of para-hydroxylation sites is 7. The molecule has 10 heteroatoms. The fraction of sp³-hybridized carbons (Fsp3) is 0.291. The molecule has 7 aromatic heterocycles. The van der Waals surface area contributed by atoms with Crippen molar-refractivity contribution in [1.29, 1.82) is 0 Å². The van der Waals surface area contributed by atoms with Crippen LogP contribution < -0.4 is 0 Å². The summed E-state index contributed by atoms with van der Waals surface area (Å²) >= 11 is 4.64. The van der Waals surface area contributed by atoms with Gasteiger partial charge in [-0.3, -0.25) is 4.39 Å². The van der Waals surface area contributed by atoms with E-state index in [1.807, 2.05) is 41.5 Å². The quantitative estimate of drug-likeness (QED) is 0.0707. The van der Waals surface area contributed by atoms with E-state index in [9.17, 15) is 4.39 Å². The van der Waals surface area contributed by atoms with E-state index in [-0.39, 0.29) is 0 Å². The van der Waals surface area contributed by atoms with Gasteiger partial charge in [0, 0.05) is 130 Å². The van der Waals surface area contributed by atoms with Crippen LogP contribution in [-0.4, -0.2) is 60.7 Å². The van der Waals surface area contributed by atoms with E-state index in [1.165, 1.54) is 162 Å². The van der Waals surface area contributed by atoms with Gasteiger partial charge in [-0.1, -0.05) is 169 Å². The molecule has 8 nitrogen and oxygen atoms in total. The first kappa shape index (κ1) is 76.6. The number of rotatable bonds is 0. The van der Waals surface area contributed by atoms with E-state index < -0.39 is 0 Å². The molecule has 0 saturated carbocycles. The molecular weight excluding hydrogens is 1120 g/mol. The van der Waals surface area contributed by atoms with Gasteiger partial charge in [0.2, 0.25) is 0 Å². The molecule has 14 aromatic rings. The van der Waals surface area contributed by atoms with E-state index in [0.29, 0.717) is 7.18 Å². The van der Waals surface area contributed by atoms with Gasteiger partial charge in [-0.05, 0) is 178 Å². The van der Waals surface area contributed by atoms with Crippen LogP contribution in [0.3, 0.4) is 0 Å². The fourth-order valence-electron chi connectivity index (χ4n) is 9.92. The Morgan fingerprint density at radius 2 is 0.303 bits per heavy atom. The minimum absolute atomic E-state index is 0.500. The van der Waals surface area contributed by atoms with Crippen LogP contribution in [0.15, 0.2) is 170 Å². The van der Waals surface area contributed by atoms with E-state index in [2.05, 4.69) is 313 Å². The van der Waals surface area contributed by atoms with Gasteiger partial charge in [-0.25, -0.2) is 0 Å². The average Bonchev–Trinajstić information content (AvgIpc) is 3.39. The van der Waals surface area contributed by atoms with Crippen LogP contribution in [-0.2, 0) is 0 Å². The summed E-state index contributed by atoms with van der Waals surface area (Å²) in [4.78, 5) is 23.3. The molecule has 0 amide bonds. The van der Waals surface area contributed by atoms with Gasteiger partial charge in [-0.2, -0.15) is 0 Å². The number of aromatic nitrogens is 7. The minimum atomic E-state index is 0.500. The minimum Gasteiger partial charge on any atom is -0.400 e. The lowest BCUT2D eigenvalue weighted by Gasteiger charge is -1.87. The van der Waals surface area contributed by atoms with Crippen LogP contribution >= 0.6 is 11.6 Å². The number of benzene rings is 7. The maximum Gasteiger partial charge on any atom is 0.0785 e. The van der Waals surface area contributed by atoms with E-state index in [4.69, 9.17) is 5.11 Å². The Balaban J connectivity index is 0.000000344. The highest BCUT2D eigenvalue weighted by Gasteiger charge is 2.06. The monoisotopic (exact) mass is 1220 g/mol. The first-order chi connectivity index (χ1) is 43.0. The number of halogens is 2. The number of nitrogens with one attached hydrogen (secondary N) is 7. The Hall–Kier alpha value is -8.50. The second-order valence-electron chi connectivity index (χ2n) is 20.4. The van der Waals surface area contributed by atoms with Crippen LogP contribution in [0.25, 0.3) is 76.3 Å². The summed E-state index contributed by atoms with van der Waals surface area (Å²) in [7, 11) is 1.50. The maximum atomic E-state index is 9.50. The van der Waals surface area contributed by atoms with Crippen molar-refractivity contribution in [2.24, 2.45) is 0 Å². The lowest BCUT2D eigenvalue weighted by Crippen LogP contribution is -1.70. The molecule has 0 bridgehead atoms. The van der Waals surface area contributed by atoms with Crippen LogP contribution in [0.2, 0.25) is 0 Å². The molecule has 0 spiro atoms. The van der Waals surface area contributed by atoms with Crippen molar-refractivity contribution >= 4 is 87.9 Å². The summed E-state index contributed by atoms with van der Waals surface area (Å²) in [6.07, 6.45) is 1.47. The van der Waals surface area contributed by atoms with Crippen molar-refractivity contribution in [3.05, 3.63) is 249 Å². The number of alkyl halides is 2. The highest BCUT2D eigenvalue weighted by molar-refractivity contribution is 6.15. The SMILES string of the molecule is CC.CC.CC.CCl.CF.CO.Cc1[nH]c2ccccc2c1C.Cc1[nH]c2ccccc2c1C.Cc1[nH]c2ccccc2c1C.Cc1[nH]c2ccccc2c1C.Cc1[nH]c2ccccc2c1C.Cc1[nH]c2ccccc2c1C.Cc1[nH]c2ccccc2c1C. The van der Waals surface area contributed by atoms with Crippen molar-refractivity contribution in [3.63, 3.8) is 0 Å². The number of hydrogen-bond donors (Lipinski definition) is 8. The number of hydrogen-bond acceptors (Lipinski definition) is 1. The number of fused-ring (bicyclic) bond motifs is 7. The number of aromatic amines is 7. The van der Waals surface area contributed by atoms with Gasteiger partial charge in [-0.15, -0.1) is 11.6 Å². The molecule has 8 N–H and O–H groups in total. The molecule has 0 saturated heterocycles. The average molecular weight is 1220 g/mol. The molecule has 0 aliphatic carbocycles. The maximum absolute atomic E-state index is 9.50. The molecule has 7 aromatic carbocycles. The normalized spacial score (nSPS) is 9.69. The van der Waals surface area contributed by atoms with Crippen molar-refractivity contribution in [2.75, 3.05) is 20.7 Å². The zero-order valence-corrected chi connectivity index (χ0v) is 58.6. The van der Waals surface area contributed by atoms with Crippen molar-refractivity contribution in [3.8, 4) is 0 Å². The summed E-state index contributed by atoms with van der Waals surface area (Å²) in [6.45, 7) is 41.8. The predicted molar refractivity (Wildman–Crippen MR) is 395 cm³/mol. The lowest BCUT2D eigenvalue weighted by atomic mass is 10.2. The van der Waals surface area contributed by atoms with Crippen LogP contribution in [0.4, 0.5) is 4.39 Å². The Kier molecular flexibility index (Phi) is 34.5. The van der Waals surface area contributed by atoms with Crippen molar-refractivity contribution in [1.82, 2.24) is 34.9 Å². The third-order valence-corrected chi connectivity index (χ3v) is 15.5. The number of aliphatic hydroxyl groups excluding tert-OH is 1. The molecule has 0 atom stereocenters. The molecule has 0 unspecified atom stereocenters. The van der Waals surface area contributed by atoms with E-state index in [1.54, 1.807) is 0 Å². The molecule has 476 valence electrons. The Morgan fingerprint density at radius 1 is 0.213 bits per heavy atom. The molecule has 0 fully saturated rings. The van der Waals surface area contributed by atoms with Crippen LogP contribution in [0.5, 0.6) is 0 Å². The molecule has 0 aliphatic rings. The molecule has 0 radical (unpaired) electrons. The molecule has 0 aliphatic heterocycles. The standard InChI is InChI=1S/7C10H11N.3C2H6.CH3Cl.CH3F.CH4O/c7*1-7-8(2)11-10-6-4-3-5-9(7)10;6*1-2/h7*3-6,11H,1-2H3;3*1-2H3;2*1H3;2H,1H3. The first-order valence-corrected chi connectivity index (χ1v) is 31.8. The molecule has 7 heterocycles. The Labute approximate surface area is 537 Å². The van der Waals surface area contributed by atoms with Crippen LogP contribution in [0, 0.1) is 96.9 Å². The smallest absolute Gasteiger partial charge is 0.0785 e. The third kappa shape index (κ3) is 20.5. The van der Waals surface area contributed by atoms with Gasteiger partial charge in [0.25, 0.3) is 0 Å².